The number of hydrogen-bond donors (Lipinski definition) is 1. The Kier molecular flexibility index (Phi) is 4.20. The first-order valence-corrected chi connectivity index (χ1v) is 5.89. The molecule has 0 bridgehead atoms. The Balaban J connectivity index is 3.13. The number of nitrogens with two attached hydrogens (primary N) is 1. The molecule has 0 aliphatic carbocycles. The van der Waals surface area contributed by atoms with Crippen LogP contribution < -0.4 is 10.6 Å². The molecule has 4 nitrogen and oxygen atoms in total. The third-order valence-electron chi connectivity index (χ3n) is 2.14. The van der Waals surface area contributed by atoms with Gasteiger partial charge in [0.05, 0.1) is 17.8 Å². The number of likely N-dealkylation sites (N-methyl/N-ethyl adjacent to an activating group) is 1. The zero-order valence-corrected chi connectivity index (χ0v) is 10.0. The van der Waals surface area contributed by atoms with Crippen molar-refractivity contribution in [3.8, 4) is 6.07 Å². The molecule has 5 heteroatoms. The predicted octanol–water partition coefficient (Wildman–Crippen LogP) is 1.20. The van der Waals surface area contributed by atoms with Crippen molar-refractivity contribution in [2.24, 2.45) is 5.73 Å². The minimum absolute atomic E-state index is 0.104. The second-order valence-electron chi connectivity index (χ2n) is 3.29. The smallest absolute Gasteiger partial charge is 0.236 e. The Morgan fingerprint density at radius 2 is 2.31 bits per heavy atom. The lowest BCUT2D eigenvalue weighted by Crippen LogP contribution is -2.31. The molecule has 0 saturated heterocycles. The summed E-state index contributed by atoms with van der Waals surface area (Å²) in [6.45, 7) is 0.104. The molecule has 1 aromatic carbocycles. The maximum Gasteiger partial charge on any atom is 0.236 e. The van der Waals surface area contributed by atoms with Crippen molar-refractivity contribution in [2.45, 2.75) is 4.90 Å². The van der Waals surface area contributed by atoms with E-state index in [1.54, 1.807) is 18.0 Å². The summed E-state index contributed by atoms with van der Waals surface area (Å²) in [5, 5.41) is 9.11. The van der Waals surface area contributed by atoms with Gasteiger partial charge in [0.1, 0.15) is 6.07 Å². The minimum Gasteiger partial charge on any atom is -0.368 e. The van der Waals surface area contributed by atoms with Gasteiger partial charge in [0.25, 0.3) is 0 Å². The van der Waals surface area contributed by atoms with Crippen LogP contribution in [-0.2, 0) is 4.79 Å². The molecule has 0 heterocycles. The number of carbonyl (C=O) groups excluding carboxylic acids is 1. The average Bonchev–Trinajstić information content (AvgIpc) is 2.26. The molecule has 0 atom stereocenters. The summed E-state index contributed by atoms with van der Waals surface area (Å²) in [6.07, 6.45) is 1.91. The SMILES string of the molecule is CSc1cccc(N(C)CC(N)=O)c1C#N. The first kappa shape index (κ1) is 12.4. The van der Waals surface area contributed by atoms with E-state index in [1.165, 1.54) is 11.8 Å². The maximum absolute atomic E-state index is 10.8. The number of carbonyl (C=O) groups is 1. The molecule has 1 rings (SSSR count). The van der Waals surface area contributed by atoms with E-state index in [-0.39, 0.29) is 6.54 Å². The lowest BCUT2D eigenvalue weighted by Gasteiger charge is -2.19. The Labute approximate surface area is 99.0 Å². The Morgan fingerprint density at radius 3 is 2.81 bits per heavy atom. The standard InChI is InChI=1S/C11H13N3OS/c1-14(7-11(13)15)9-4-3-5-10(16-2)8(9)6-12/h3-5H,7H2,1-2H3,(H2,13,15). The molecular weight excluding hydrogens is 222 g/mol. The monoisotopic (exact) mass is 235 g/mol. The molecule has 0 aliphatic heterocycles. The van der Waals surface area contributed by atoms with E-state index in [1.807, 2.05) is 18.4 Å². The lowest BCUT2D eigenvalue weighted by molar-refractivity contribution is -0.116. The molecular formula is C11H13N3OS. The van der Waals surface area contributed by atoms with Crippen molar-refractivity contribution < 1.29 is 4.79 Å². The Morgan fingerprint density at radius 1 is 1.62 bits per heavy atom. The molecule has 0 spiro atoms. The molecule has 2 N–H and O–H groups in total. The van der Waals surface area contributed by atoms with Crippen LogP contribution in [0.4, 0.5) is 5.69 Å². The first-order valence-electron chi connectivity index (χ1n) is 4.66. The normalized spacial score (nSPS) is 9.56. The summed E-state index contributed by atoms with van der Waals surface area (Å²) in [5.74, 6) is -0.416. The first-order chi connectivity index (χ1) is 7.60. The molecule has 0 fully saturated rings. The van der Waals surface area contributed by atoms with Gasteiger partial charge in [-0.15, -0.1) is 11.8 Å². The van der Waals surface area contributed by atoms with Gasteiger partial charge in [-0.25, -0.2) is 0 Å². The van der Waals surface area contributed by atoms with Crippen molar-refractivity contribution in [2.75, 3.05) is 24.7 Å². The molecule has 1 amide bonds. The van der Waals surface area contributed by atoms with Crippen LogP contribution in [0.2, 0.25) is 0 Å². The van der Waals surface area contributed by atoms with Crippen molar-refractivity contribution in [3.05, 3.63) is 23.8 Å². The molecule has 16 heavy (non-hydrogen) atoms. The second kappa shape index (κ2) is 5.42. The van der Waals surface area contributed by atoms with E-state index in [2.05, 4.69) is 6.07 Å². The molecule has 0 saturated carbocycles. The average molecular weight is 235 g/mol. The topological polar surface area (TPSA) is 70.1 Å². The van der Waals surface area contributed by atoms with Crippen molar-refractivity contribution in [1.82, 2.24) is 0 Å². The zero-order valence-electron chi connectivity index (χ0n) is 9.23. The summed E-state index contributed by atoms with van der Waals surface area (Å²) in [5.41, 5.74) is 6.44. The van der Waals surface area contributed by atoms with Crippen LogP contribution >= 0.6 is 11.8 Å². The van der Waals surface area contributed by atoms with Gasteiger partial charge in [-0.05, 0) is 18.4 Å². The summed E-state index contributed by atoms with van der Waals surface area (Å²) >= 11 is 1.51. The van der Waals surface area contributed by atoms with Gasteiger partial charge >= 0.3 is 0 Å². The van der Waals surface area contributed by atoms with E-state index in [4.69, 9.17) is 11.0 Å². The van der Waals surface area contributed by atoms with Crippen LogP contribution in [0.3, 0.4) is 0 Å². The number of nitrogens with zero attached hydrogens (tertiary/aromatic N) is 2. The molecule has 0 aromatic heterocycles. The number of benzene rings is 1. The number of rotatable bonds is 4. The molecule has 84 valence electrons. The highest BCUT2D eigenvalue weighted by molar-refractivity contribution is 7.98. The zero-order chi connectivity index (χ0) is 12.1. The molecule has 0 radical (unpaired) electrons. The summed E-state index contributed by atoms with van der Waals surface area (Å²) in [4.78, 5) is 13.4. The van der Waals surface area contributed by atoms with Crippen LogP contribution in [0.15, 0.2) is 23.1 Å². The van der Waals surface area contributed by atoms with E-state index < -0.39 is 5.91 Å². The van der Waals surface area contributed by atoms with Crippen LogP contribution in [-0.4, -0.2) is 25.8 Å². The minimum atomic E-state index is -0.416. The third kappa shape index (κ3) is 2.67. The van der Waals surface area contributed by atoms with Crippen molar-refractivity contribution >= 4 is 23.4 Å². The van der Waals surface area contributed by atoms with E-state index in [0.29, 0.717) is 5.56 Å². The van der Waals surface area contributed by atoms with Crippen LogP contribution in [0.5, 0.6) is 0 Å². The molecule has 1 aromatic rings. The summed E-state index contributed by atoms with van der Waals surface area (Å²) in [7, 11) is 1.74. The van der Waals surface area contributed by atoms with Gasteiger partial charge in [0, 0.05) is 11.9 Å². The van der Waals surface area contributed by atoms with E-state index in [0.717, 1.165) is 10.6 Å². The number of anilines is 1. The number of amides is 1. The summed E-state index contributed by atoms with van der Waals surface area (Å²) in [6, 6.07) is 7.70. The van der Waals surface area contributed by atoms with Gasteiger partial charge in [-0.1, -0.05) is 6.07 Å². The maximum atomic E-state index is 10.8. The Hall–Kier alpha value is -1.67. The van der Waals surface area contributed by atoms with Crippen LogP contribution in [0.1, 0.15) is 5.56 Å². The van der Waals surface area contributed by atoms with E-state index in [9.17, 15) is 4.79 Å². The molecule has 0 unspecified atom stereocenters. The highest BCUT2D eigenvalue weighted by Crippen LogP contribution is 2.28. The van der Waals surface area contributed by atoms with Crippen molar-refractivity contribution in [3.63, 3.8) is 0 Å². The largest absolute Gasteiger partial charge is 0.368 e. The van der Waals surface area contributed by atoms with Gasteiger partial charge < -0.3 is 10.6 Å². The van der Waals surface area contributed by atoms with Gasteiger partial charge in [-0.2, -0.15) is 5.26 Å². The molecule has 0 aliphatic rings. The highest BCUT2D eigenvalue weighted by Gasteiger charge is 2.12. The fraction of sp³-hybridized carbons (Fsp3) is 0.273. The van der Waals surface area contributed by atoms with Crippen LogP contribution in [0, 0.1) is 11.3 Å². The number of thioether (sulfide) groups is 1. The number of primary amides is 1. The van der Waals surface area contributed by atoms with Gasteiger partial charge in [0.2, 0.25) is 5.91 Å². The quantitative estimate of drug-likeness (QED) is 0.796. The third-order valence-corrected chi connectivity index (χ3v) is 2.92. The van der Waals surface area contributed by atoms with E-state index >= 15 is 0 Å². The predicted molar refractivity (Wildman–Crippen MR) is 65.4 cm³/mol. The number of nitriles is 1. The highest BCUT2D eigenvalue weighted by atomic mass is 32.2. The van der Waals surface area contributed by atoms with Gasteiger partial charge in [0.15, 0.2) is 0 Å². The van der Waals surface area contributed by atoms with Crippen molar-refractivity contribution in [1.29, 1.82) is 5.26 Å². The lowest BCUT2D eigenvalue weighted by atomic mass is 10.2. The summed E-state index contributed by atoms with van der Waals surface area (Å²) < 4.78 is 0. The fourth-order valence-corrected chi connectivity index (χ4v) is 2.01. The van der Waals surface area contributed by atoms with Crippen LogP contribution in [0.25, 0.3) is 0 Å². The second-order valence-corrected chi connectivity index (χ2v) is 4.14. The fourth-order valence-electron chi connectivity index (χ4n) is 1.44. The number of hydrogen-bond acceptors (Lipinski definition) is 4. The Bertz CT molecular complexity index is 439. The van der Waals surface area contributed by atoms with Gasteiger partial charge in [-0.3, -0.25) is 4.79 Å².